The Balaban J connectivity index is 1.83. The number of hydrogen-bond acceptors (Lipinski definition) is 2. The number of hydrogen-bond donors (Lipinski definition) is 1. The number of nitrogens with one attached hydrogen (secondary N) is 1. The molecule has 1 amide bonds. The highest BCUT2D eigenvalue weighted by Gasteiger charge is 2.23. The summed E-state index contributed by atoms with van der Waals surface area (Å²) in [5.74, 6) is -0.00782. The molecular weight excluding hydrogens is 264 g/mol. The minimum absolute atomic E-state index is 0.00782. The Hall–Kier alpha value is -2.36. The van der Waals surface area contributed by atoms with Gasteiger partial charge in [0, 0.05) is 23.9 Å². The lowest BCUT2D eigenvalue weighted by Gasteiger charge is -2.28. The first-order valence-corrected chi connectivity index (χ1v) is 7.26. The summed E-state index contributed by atoms with van der Waals surface area (Å²) in [6.07, 6.45) is 3.36. The molecule has 2 aromatic rings. The SMILES string of the molecule is CCc1ccc(C(=O)N2CCc3cc[nH]c(=O)c3C2)cc1. The summed E-state index contributed by atoms with van der Waals surface area (Å²) in [5, 5.41) is 0. The van der Waals surface area contributed by atoms with Gasteiger partial charge in [-0.15, -0.1) is 0 Å². The molecule has 2 heterocycles. The fourth-order valence-electron chi connectivity index (χ4n) is 2.72. The molecule has 3 rings (SSSR count). The van der Waals surface area contributed by atoms with E-state index in [9.17, 15) is 9.59 Å². The summed E-state index contributed by atoms with van der Waals surface area (Å²) < 4.78 is 0. The zero-order chi connectivity index (χ0) is 14.8. The molecule has 0 saturated heterocycles. The Morgan fingerprint density at radius 3 is 2.71 bits per heavy atom. The Labute approximate surface area is 123 Å². The highest BCUT2D eigenvalue weighted by Crippen LogP contribution is 2.17. The van der Waals surface area contributed by atoms with Gasteiger partial charge in [-0.25, -0.2) is 0 Å². The zero-order valence-corrected chi connectivity index (χ0v) is 12.1. The second-order valence-electron chi connectivity index (χ2n) is 5.34. The summed E-state index contributed by atoms with van der Waals surface area (Å²) in [4.78, 5) is 28.8. The van der Waals surface area contributed by atoms with Gasteiger partial charge in [0.25, 0.3) is 11.5 Å². The number of benzene rings is 1. The van der Waals surface area contributed by atoms with Gasteiger partial charge in [-0.3, -0.25) is 9.59 Å². The average molecular weight is 282 g/mol. The van der Waals surface area contributed by atoms with Crippen molar-refractivity contribution >= 4 is 5.91 Å². The predicted octanol–water partition coefficient (Wildman–Crippen LogP) is 2.14. The molecule has 1 aliphatic heterocycles. The first kappa shape index (κ1) is 13.6. The van der Waals surface area contributed by atoms with Crippen molar-refractivity contribution in [2.75, 3.05) is 6.54 Å². The maximum Gasteiger partial charge on any atom is 0.254 e. The molecule has 0 saturated carbocycles. The molecule has 1 aromatic carbocycles. The third kappa shape index (κ3) is 2.61. The van der Waals surface area contributed by atoms with E-state index in [0.29, 0.717) is 24.2 Å². The van der Waals surface area contributed by atoms with Crippen molar-refractivity contribution in [3.05, 3.63) is 69.1 Å². The van der Waals surface area contributed by atoms with Crippen molar-refractivity contribution < 1.29 is 4.79 Å². The second-order valence-corrected chi connectivity index (χ2v) is 5.34. The van der Waals surface area contributed by atoms with Crippen molar-refractivity contribution in [1.82, 2.24) is 9.88 Å². The largest absolute Gasteiger partial charge is 0.334 e. The molecule has 1 aliphatic rings. The van der Waals surface area contributed by atoms with Gasteiger partial charge in [-0.05, 0) is 42.2 Å². The van der Waals surface area contributed by atoms with Gasteiger partial charge in [0.05, 0.1) is 6.54 Å². The van der Waals surface area contributed by atoms with Crippen molar-refractivity contribution in [2.45, 2.75) is 26.3 Å². The van der Waals surface area contributed by atoms with E-state index in [1.807, 2.05) is 30.3 Å². The molecule has 0 unspecified atom stereocenters. The highest BCUT2D eigenvalue weighted by atomic mass is 16.2. The summed E-state index contributed by atoms with van der Waals surface area (Å²) in [6, 6.07) is 9.63. The molecule has 0 atom stereocenters. The van der Waals surface area contributed by atoms with Crippen LogP contribution in [0.15, 0.2) is 41.3 Å². The van der Waals surface area contributed by atoms with Gasteiger partial charge in [0.1, 0.15) is 0 Å². The van der Waals surface area contributed by atoms with Crippen LogP contribution >= 0.6 is 0 Å². The number of pyridine rings is 1. The van der Waals surface area contributed by atoms with Crippen LogP contribution in [0.4, 0.5) is 0 Å². The first-order chi connectivity index (χ1) is 10.2. The number of aromatic nitrogens is 1. The molecule has 1 N–H and O–H groups in total. The Morgan fingerprint density at radius 2 is 2.00 bits per heavy atom. The van der Waals surface area contributed by atoms with Crippen LogP contribution in [0, 0.1) is 0 Å². The third-order valence-corrected chi connectivity index (χ3v) is 4.06. The topological polar surface area (TPSA) is 53.2 Å². The lowest BCUT2D eigenvalue weighted by atomic mass is 10.0. The quantitative estimate of drug-likeness (QED) is 0.917. The molecule has 108 valence electrons. The lowest BCUT2D eigenvalue weighted by molar-refractivity contribution is 0.0734. The van der Waals surface area contributed by atoms with E-state index < -0.39 is 0 Å². The molecule has 1 aromatic heterocycles. The number of carbonyl (C=O) groups is 1. The van der Waals surface area contributed by atoms with E-state index in [0.717, 1.165) is 18.4 Å². The number of nitrogens with zero attached hydrogens (tertiary/aromatic N) is 1. The van der Waals surface area contributed by atoms with E-state index in [2.05, 4.69) is 11.9 Å². The van der Waals surface area contributed by atoms with Gasteiger partial charge >= 0.3 is 0 Å². The van der Waals surface area contributed by atoms with Crippen molar-refractivity contribution in [3.63, 3.8) is 0 Å². The fourth-order valence-corrected chi connectivity index (χ4v) is 2.72. The van der Waals surface area contributed by atoms with Crippen LogP contribution in [0.3, 0.4) is 0 Å². The van der Waals surface area contributed by atoms with Crippen molar-refractivity contribution in [2.24, 2.45) is 0 Å². The Morgan fingerprint density at radius 1 is 1.24 bits per heavy atom. The van der Waals surface area contributed by atoms with E-state index >= 15 is 0 Å². The van der Waals surface area contributed by atoms with Gasteiger partial charge in [-0.1, -0.05) is 19.1 Å². The molecular formula is C17H18N2O2. The second kappa shape index (κ2) is 5.56. The number of amides is 1. The molecule has 0 bridgehead atoms. The number of fused-ring (bicyclic) bond motifs is 1. The maximum absolute atomic E-state index is 12.5. The number of aromatic amines is 1. The van der Waals surface area contributed by atoms with E-state index in [4.69, 9.17) is 0 Å². The molecule has 0 aliphatic carbocycles. The molecule has 21 heavy (non-hydrogen) atoms. The van der Waals surface area contributed by atoms with Crippen LogP contribution in [-0.4, -0.2) is 22.3 Å². The highest BCUT2D eigenvalue weighted by molar-refractivity contribution is 5.94. The van der Waals surface area contributed by atoms with Gasteiger partial charge in [-0.2, -0.15) is 0 Å². The zero-order valence-electron chi connectivity index (χ0n) is 12.1. The van der Waals surface area contributed by atoms with Crippen molar-refractivity contribution in [3.8, 4) is 0 Å². The van der Waals surface area contributed by atoms with Crippen molar-refractivity contribution in [1.29, 1.82) is 0 Å². The number of carbonyl (C=O) groups excluding carboxylic acids is 1. The lowest BCUT2D eigenvalue weighted by Crippen LogP contribution is -2.38. The summed E-state index contributed by atoms with van der Waals surface area (Å²) in [7, 11) is 0. The average Bonchev–Trinajstić information content (AvgIpc) is 2.54. The number of rotatable bonds is 2. The maximum atomic E-state index is 12.5. The predicted molar refractivity (Wildman–Crippen MR) is 81.3 cm³/mol. The Bertz CT molecular complexity index is 716. The number of H-pyrrole nitrogens is 1. The van der Waals surface area contributed by atoms with E-state index in [-0.39, 0.29) is 11.5 Å². The minimum atomic E-state index is -0.0914. The third-order valence-electron chi connectivity index (χ3n) is 4.06. The molecule has 4 heteroatoms. The van der Waals surface area contributed by atoms with Crippen LogP contribution in [0.25, 0.3) is 0 Å². The smallest absolute Gasteiger partial charge is 0.254 e. The van der Waals surface area contributed by atoms with E-state index in [1.54, 1.807) is 11.1 Å². The number of aryl methyl sites for hydroxylation is 1. The summed E-state index contributed by atoms with van der Waals surface area (Å²) >= 11 is 0. The van der Waals surface area contributed by atoms with Crippen LogP contribution in [0.2, 0.25) is 0 Å². The van der Waals surface area contributed by atoms with Gasteiger partial charge in [0.15, 0.2) is 0 Å². The van der Waals surface area contributed by atoms with Gasteiger partial charge in [0.2, 0.25) is 0 Å². The van der Waals surface area contributed by atoms with Crippen LogP contribution in [0.5, 0.6) is 0 Å². The molecule has 0 radical (unpaired) electrons. The normalized spacial score (nSPS) is 13.9. The monoisotopic (exact) mass is 282 g/mol. The fraction of sp³-hybridized carbons (Fsp3) is 0.294. The van der Waals surface area contributed by atoms with Crippen LogP contribution < -0.4 is 5.56 Å². The summed E-state index contributed by atoms with van der Waals surface area (Å²) in [5.41, 5.74) is 3.56. The summed E-state index contributed by atoms with van der Waals surface area (Å²) in [6.45, 7) is 3.13. The minimum Gasteiger partial charge on any atom is -0.334 e. The standard InChI is InChI=1S/C17H18N2O2/c1-2-12-3-5-14(6-4-12)17(21)19-10-8-13-7-9-18-16(20)15(13)11-19/h3-7,9H,2,8,10-11H2,1H3,(H,18,20). The molecule has 0 fully saturated rings. The first-order valence-electron chi connectivity index (χ1n) is 7.26. The van der Waals surface area contributed by atoms with Gasteiger partial charge < -0.3 is 9.88 Å². The molecule has 4 nitrogen and oxygen atoms in total. The Kier molecular flexibility index (Phi) is 3.60. The van der Waals surface area contributed by atoms with Crippen LogP contribution in [0.1, 0.15) is 34.0 Å². The van der Waals surface area contributed by atoms with Crippen LogP contribution in [-0.2, 0) is 19.4 Å². The van der Waals surface area contributed by atoms with E-state index in [1.165, 1.54) is 5.56 Å². The molecule has 0 spiro atoms.